The number of hydrogen-bond donors (Lipinski definition) is 1. The van der Waals surface area contributed by atoms with Gasteiger partial charge in [0.1, 0.15) is 11.5 Å². The molecule has 0 spiro atoms. The Hall–Kier alpha value is -3.28. The van der Waals surface area contributed by atoms with E-state index in [0.29, 0.717) is 17.1 Å². The average Bonchev–Trinajstić information content (AvgIpc) is 3.10. The Balaban J connectivity index is 1.57. The van der Waals surface area contributed by atoms with E-state index in [0.717, 1.165) is 10.9 Å². The number of hydrogen-bond acceptors (Lipinski definition) is 5. The Kier molecular flexibility index (Phi) is 5.22. The molecule has 26 heavy (non-hydrogen) atoms. The zero-order valence-electron chi connectivity index (χ0n) is 14.5. The Morgan fingerprint density at radius 2 is 1.73 bits per heavy atom. The summed E-state index contributed by atoms with van der Waals surface area (Å²) in [4.78, 5) is 27.5. The first-order chi connectivity index (χ1) is 12.6. The fourth-order valence-electron chi connectivity index (χ4n) is 2.59. The summed E-state index contributed by atoms with van der Waals surface area (Å²) < 4.78 is 15.6. The van der Waals surface area contributed by atoms with Crippen molar-refractivity contribution < 1.29 is 23.8 Å². The number of methoxy groups -OCH3 is 1. The molecule has 1 heterocycles. The monoisotopic (exact) mass is 353 g/mol. The maximum Gasteiger partial charge on any atom is 0.344 e. The number of ketones is 1. The smallest absolute Gasteiger partial charge is 0.344 e. The van der Waals surface area contributed by atoms with Crippen LogP contribution in [-0.4, -0.2) is 36.6 Å². The Bertz CT molecular complexity index is 913. The van der Waals surface area contributed by atoms with Gasteiger partial charge in [0.2, 0.25) is 5.78 Å². The molecule has 3 aromatic rings. The lowest BCUT2D eigenvalue weighted by Crippen LogP contribution is -2.27. The first kappa shape index (κ1) is 17.5. The lowest BCUT2D eigenvalue weighted by molar-refractivity contribution is -0.148. The zero-order valence-corrected chi connectivity index (χ0v) is 14.5. The van der Waals surface area contributed by atoms with Crippen molar-refractivity contribution in [1.29, 1.82) is 0 Å². The van der Waals surface area contributed by atoms with Gasteiger partial charge in [-0.05, 0) is 37.3 Å². The van der Waals surface area contributed by atoms with Crippen molar-refractivity contribution >= 4 is 22.7 Å². The number of aromatic amines is 1. The lowest BCUT2D eigenvalue weighted by Gasteiger charge is -2.12. The highest BCUT2D eigenvalue weighted by Crippen LogP contribution is 2.20. The average molecular weight is 353 g/mol. The minimum Gasteiger partial charge on any atom is -0.497 e. The predicted octanol–water partition coefficient (Wildman–Crippen LogP) is 3.37. The molecule has 0 saturated heterocycles. The van der Waals surface area contributed by atoms with Gasteiger partial charge in [0.25, 0.3) is 0 Å². The number of ether oxygens (including phenoxy) is 3. The number of rotatable bonds is 7. The Morgan fingerprint density at radius 1 is 1.04 bits per heavy atom. The van der Waals surface area contributed by atoms with Gasteiger partial charge in [-0.2, -0.15) is 0 Å². The Morgan fingerprint density at radius 3 is 2.46 bits per heavy atom. The summed E-state index contributed by atoms with van der Waals surface area (Å²) in [5.41, 5.74) is 1.36. The molecule has 0 fully saturated rings. The van der Waals surface area contributed by atoms with Gasteiger partial charge in [-0.3, -0.25) is 4.79 Å². The van der Waals surface area contributed by atoms with Crippen LogP contribution in [0.4, 0.5) is 0 Å². The van der Waals surface area contributed by atoms with Crippen molar-refractivity contribution in [2.75, 3.05) is 13.7 Å². The van der Waals surface area contributed by atoms with Gasteiger partial charge in [-0.1, -0.05) is 18.2 Å². The number of fused-ring (bicyclic) bond motifs is 1. The number of benzene rings is 2. The molecule has 6 heteroatoms. The van der Waals surface area contributed by atoms with E-state index in [1.54, 1.807) is 44.5 Å². The lowest BCUT2D eigenvalue weighted by atomic mass is 10.1. The molecule has 0 aliphatic carbocycles. The van der Waals surface area contributed by atoms with Crippen LogP contribution in [0, 0.1) is 0 Å². The van der Waals surface area contributed by atoms with Crippen molar-refractivity contribution in [2.45, 2.75) is 13.0 Å². The van der Waals surface area contributed by atoms with Gasteiger partial charge in [-0.15, -0.1) is 0 Å². The molecule has 6 nitrogen and oxygen atoms in total. The van der Waals surface area contributed by atoms with Crippen LogP contribution in [0.1, 0.15) is 17.3 Å². The number of carbonyl (C=O) groups is 2. The summed E-state index contributed by atoms with van der Waals surface area (Å²) in [7, 11) is 1.57. The molecule has 0 bridgehead atoms. The SMILES string of the molecule is COc1ccc(OCC(=O)O[C@@H](C)C(=O)c2c[nH]c3ccccc23)cc1. The quantitative estimate of drug-likeness (QED) is 0.520. The number of nitrogens with one attached hydrogen (secondary N) is 1. The minimum atomic E-state index is -0.902. The van der Waals surface area contributed by atoms with E-state index in [9.17, 15) is 9.59 Å². The summed E-state index contributed by atoms with van der Waals surface area (Å²) in [6.07, 6.45) is 0.728. The molecular formula is C20H19NO5. The molecule has 0 unspecified atom stereocenters. The second kappa shape index (κ2) is 7.74. The summed E-state index contributed by atoms with van der Waals surface area (Å²) in [6.45, 7) is 1.27. The van der Waals surface area contributed by atoms with Gasteiger partial charge >= 0.3 is 5.97 Å². The molecule has 1 N–H and O–H groups in total. The molecule has 0 saturated carbocycles. The minimum absolute atomic E-state index is 0.264. The number of Topliss-reactive ketones (excluding diaryl/α,β-unsaturated/α-hetero) is 1. The van der Waals surface area contributed by atoms with Crippen LogP contribution in [0.25, 0.3) is 10.9 Å². The van der Waals surface area contributed by atoms with E-state index in [1.807, 2.05) is 24.3 Å². The highest BCUT2D eigenvalue weighted by molar-refractivity contribution is 6.10. The summed E-state index contributed by atoms with van der Waals surface area (Å²) in [6, 6.07) is 14.3. The van der Waals surface area contributed by atoms with Crippen LogP contribution in [0.5, 0.6) is 11.5 Å². The second-order valence-corrected chi connectivity index (χ2v) is 5.71. The highest BCUT2D eigenvalue weighted by atomic mass is 16.6. The van der Waals surface area contributed by atoms with Gasteiger partial charge in [0.15, 0.2) is 12.7 Å². The summed E-state index contributed by atoms with van der Waals surface area (Å²) in [5, 5.41) is 0.801. The van der Waals surface area contributed by atoms with Gasteiger partial charge in [0, 0.05) is 22.7 Å². The fourth-order valence-corrected chi connectivity index (χ4v) is 2.59. The molecule has 1 aromatic heterocycles. The largest absolute Gasteiger partial charge is 0.497 e. The second-order valence-electron chi connectivity index (χ2n) is 5.71. The fraction of sp³-hybridized carbons (Fsp3) is 0.200. The van der Waals surface area contributed by atoms with E-state index >= 15 is 0 Å². The van der Waals surface area contributed by atoms with Crippen LogP contribution in [-0.2, 0) is 9.53 Å². The van der Waals surface area contributed by atoms with Crippen LogP contribution < -0.4 is 9.47 Å². The zero-order chi connectivity index (χ0) is 18.5. The van der Waals surface area contributed by atoms with Crippen LogP contribution in [0.15, 0.2) is 54.7 Å². The van der Waals surface area contributed by atoms with E-state index in [-0.39, 0.29) is 12.4 Å². The van der Waals surface area contributed by atoms with Crippen molar-refractivity contribution in [2.24, 2.45) is 0 Å². The maximum atomic E-state index is 12.5. The summed E-state index contributed by atoms with van der Waals surface area (Å²) >= 11 is 0. The third-order valence-electron chi connectivity index (χ3n) is 3.95. The van der Waals surface area contributed by atoms with Crippen LogP contribution in [0.3, 0.4) is 0 Å². The van der Waals surface area contributed by atoms with Gasteiger partial charge in [-0.25, -0.2) is 4.79 Å². The molecule has 1 atom stereocenters. The van der Waals surface area contributed by atoms with Crippen LogP contribution >= 0.6 is 0 Å². The number of carbonyl (C=O) groups excluding carboxylic acids is 2. The molecular weight excluding hydrogens is 334 g/mol. The first-order valence-electron chi connectivity index (χ1n) is 8.15. The number of H-pyrrole nitrogens is 1. The molecule has 0 aliphatic heterocycles. The normalized spacial score (nSPS) is 11.8. The number of esters is 1. The molecule has 134 valence electrons. The van der Waals surface area contributed by atoms with Crippen molar-refractivity contribution in [3.05, 3.63) is 60.3 Å². The van der Waals surface area contributed by atoms with Crippen molar-refractivity contribution in [1.82, 2.24) is 4.98 Å². The third kappa shape index (κ3) is 3.85. The highest BCUT2D eigenvalue weighted by Gasteiger charge is 2.22. The topological polar surface area (TPSA) is 77.6 Å². The molecule has 0 radical (unpaired) electrons. The number of para-hydroxylation sites is 1. The number of aromatic nitrogens is 1. The van der Waals surface area contributed by atoms with Gasteiger partial charge in [0.05, 0.1) is 7.11 Å². The molecule has 0 aliphatic rings. The molecule has 3 rings (SSSR count). The van der Waals surface area contributed by atoms with E-state index in [4.69, 9.17) is 14.2 Å². The third-order valence-corrected chi connectivity index (χ3v) is 3.95. The van der Waals surface area contributed by atoms with E-state index < -0.39 is 12.1 Å². The van der Waals surface area contributed by atoms with Crippen molar-refractivity contribution in [3.63, 3.8) is 0 Å². The maximum absolute atomic E-state index is 12.5. The van der Waals surface area contributed by atoms with E-state index in [2.05, 4.69) is 4.98 Å². The molecule has 0 amide bonds. The Labute approximate surface area is 150 Å². The van der Waals surface area contributed by atoms with Crippen molar-refractivity contribution in [3.8, 4) is 11.5 Å². The van der Waals surface area contributed by atoms with Crippen LogP contribution in [0.2, 0.25) is 0 Å². The van der Waals surface area contributed by atoms with E-state index in [1.165, 1.54) is 0 Å². The predicted molar refractivity (Wildman–Crippen MR) is 96.7 cm³/mol. The summed E-state index contributed by atoms with van der Waals surface area (Å²) in [5.74, 6) is 0.331. The standard InChI is InChI=1S/C20H19NO5/c1-13(20(23)17-11-21-18-6-4-3-5-16(17)18)26-19(22)12-25-15-9-7-14(24-2)8-10-15/h3-11,13,21H,12H2,1-2H3/t13-/m0/s1. The first-order valence-corrected chi connectivity index (χ1v) is 8.15. The molecule has 2 aromatic carbocycles. The van der Waals surface area contributed by atoms with Gasteiger partial charge < -0.3 is 19.2 Å².